The number of ether oxygens (including phenoxy) is 2. The summed E-state index contributed by atoms with van der Waals surface area (Å²) in [5, 5.41) is 11.9. The summed E-state index contributed by atoms with van der Waals surface area (Å²) < 4.78 is 18.1. The van der Waals surface area contributed by atoms with Crippen LogP contribution in [0.1, 0.15) is 41.1 Å². The van der Waals surface area contributed by atoms with Crippen LogP contribution >= 0.6 is 0 Å². The first-order chi connectivity index (χ1) is 18.7. The predicted molar refractivity (Wildman–Crippen MR) is 144 cm³/mol. The van der Waals surface area contributed by atoms with Gasteiger partial charge in [0.25, 0.3) is 0 Å². The van der Waals surface area contributed by atoms with E-state index in [0.29, 0.717) is 48.2 Å². The van der Waals surface area contributed by atoms with Gasteiger partial charge in [0, 0.05) is 30.9 Å². The van der Waals surface area contributed by atoms with Crippen LogP contribution in [0.4, 0.5) is 5.95 Å². The van der Waals surface area contributed by atoms with Crippen molar-refractivity contribution >= 4 is 11.6 Å². The Bertz CT molecular complexity index is 1550. The molecule has 0 fully saturated rings. The molecule has 0 saturated carbocycles. The zero-order valence-electron chi connectivity index (χ0n) is 21.5. The lowest BCUT2D eigenvalue weighted by Gasteiger charge is -2.26. The number of hydrogen-bond acceptors (Lipinski definition) is 8. The van der Waals surface area contributed by atoms with Crippen LogP contribution in [0, 0.1) is 0 Å². The van der Waals surface area contributed by atoms with E-state index in [1.54, 1.807) is 25.0 Å². The van der Waals surface area contributed by atoms with Crippen molar-refractivity contribution in [3.8, 4) is 23.1 Å². The second kappa shape index (κ2) is 10.5. The van der Waals surface area contributed by atoms with Gasteiger partial charge in [-0.05, 0) is 60.2 Å². The summed E-state index contributed by atoms with van der Waals surface area (Å²) in [6.45, 7) is 1.15. The molecule has 0 aliphatic heterocycles. The zero-order valence-corrected chi connectivity index (χ0v) is 21.5. The molecule has 9 heteroatoms. The number of nitrogens with zero attached hydrogens (tertiary/aromatic N) is 4. The average Bonchev–Trinajstić information content (AvgIpc) is 3.66. The minimum atomic E-state index is 0.301. The molecule has 2 aromatic carbocycles. The van der Waals surface area contributed by atoms with Gasteiger partial charge in [-0.15, -0.1) is 5.10 Å². The lowest BCUT2D eigenvalue weighted by Crippen LogP contribution is -2.25. The molecule has 0 amide bonds. The standard InChI is InChI=1S/C29H30N6O3/c1-36-24-13-12-19(15-26(24)37-2)16-31-29-32-18-21(28-33-27(34-35(28)29)25-11-6-14-38-25)17-30-23-10-5-8-20-7-3-4-9-22(20)23/h3-4,6-7,9,11-15,18,23,30H,5,8,10,16-17H2,1-2H3,(H,31,32). The summed E-state index contributed by atoms with van der Waals surface area (Å²) in [7, 11) is 3.26. The lowest BCUT2D eigenvalue weighted by atomic mass is 9.88. The summed E-state index contributed by atoms with van der Waals surface area (Å²) in [6.07, 6.45) is 6.91. The van der Waals surface area contributed by atoms with E-state index in [0.717, 1.165) is 29.6 Å². The van der Waals surface area contributed by atoms with Crippen molar-refractivity contribution in [2.24, 2.45) is 0 Å². The van der Waals surface area contributed by atoms with Gasteiger partial charge in [-0.2, -0.15) is 4.52 Å². The molecule has 38 heavy (non-hydrogen) atoms. The number of rotatable bonds is 9. The minimum absolute atomic E-state index is 0.301. The normalized spacial score (nSPS) is 14.8. The molecule has 194 valence electrons. The zero-order chi connectivity index (χ0) is 25.9. The monoisotopic (exact) mass is 510 g/mol. The second-order valence-corrected chi connectivity index (χ2v) is 9.32. The molecule has 6 rings (SSSR count). The summed E-state index contributed by atoms with van der Waals surface area (Å²) in [5.41, 5.74) is 5.53. The Morgan fingerprint density at radius 2 is 1.92 bits per heavy atom. The molecule has 0 spiro atoms. The number of anilines is 1. The molecule has 3 heterocycles. The number of furan rings is 1. The molecule has 0 bridgehead atoms. The maximum atomic E-state index is 5.58. The quantitative estimate of drug-likeness (QED) is 0.280. The van der Waals surface area contributed by atoms with Gasteiger partial charge in [0.2, 0.25) is 11.8 Å². The minimum Gasteiger partial charge on any atom is -0.493 e. The van der Waals surface area contributed by atoms with Crippen LogP contribution in [0.25, 0.3) is 17.2 Å². The van der Waals surface area contributed by atoms with Gasteiger partial charge >= 0.3 is 0 Å². The summed E-state index contributed by atoms with van der Waals surface area (Å²) in [5.74, 6) is 3.08. The number of methoxy groups -OCH3 is 2. The van der Waals surface area contributed by atoms with Crippen molar-refractivity contribution in [3.63, 3.8) is 0 Å². The Morgan fingerprint density at radius 1 is 1.03 bits per heavy atom. The van der Waals surface area contributed by atoms with Crippen LogP contribution in [0.5, 0.6) is 11.5 Å². The molecule has 1 aliphatic carbocycles. The van der Waals surface area contributed by atoms with Crippen LogP contribution in [0.3, 0.4) is 0 Å². The maximum absolute atomic E-state index is 5.58. The molecule has 9 nitrogen and oxygen atoms in total. The van der Waals surface area contributed by atoms with E-state index in [9.17, 15) is 0 Å². The highest BCUT2D eigenvalue weighted by molar-refractivity contribution is 5.58. The Balaban J connectivity index is 1.28. The summed E-state index contributed by atoms with van der Waals surface area (Å²) in [6, 6.07) is 18.5. The maximum Gasteiger partial charge on any atom is 0.226 e. The van der Waals surface area contributed by atoms with E-state index < -0.39 is 0 Å². The molecule has 0 saturated heterocycles. The average molecular weight is 511 g/mol. The van der Waals surface area contributed by atoms with Gasteiger partial charge in [0.05, 0.1) is 20.5 Å². The number of aromatic nitrogens is 4. The molecular formula is C29H30N6O3. The topological polar surface area (TPSA) is 98.7 Å². The van der Waals surface area contributed by atoms with Gasteiger partial charge in [0.15, 0.2) is 22.9 Å². The van der Waals surface area contributed by atoms with Crippen molar-refractivity contribution in [1.82, 2.24) is 24.9 Å². The van der Waals surface area contributed by atoms with Gasteiger partial charge in [-0.1, -0.05) is 30.3 Å². The van der Waals surface area contributed by atoms with E-state index in [1.165, 1.54) is 17.5 Å². The van der Waals surface area contributed by atoms with Gasteiger partial charge in [0.1, 0.15) is 0 Å². The van der Waals surface area contributed by atoms with Crippen LogP contribution in [-0.4, -0.2) is 33.8 Å². The smallest absolute Gasteiger partial charge is 0.226 e. The van der Waals surface area contributed by atoms with Crippen LogP contribution in [0.2, 0.25) is 0 Å². The number of fused-ring (bicyclic) bond motifs is 2. The molecule has 1 unspecified atom stereocenters. The summed E-state index contributed by atoms with van der Waals surface area (Å²) >= 11 is 0. The van der Waals surface area contributed by atoms with E-state index in [1.807, 2.05) is 36.5 Å². The van der Waals surface area contributed by atoms with Gasteiger partial charge in [-0.25, -0.2) is 9.97 Å². The van der Waals surface area contributed by atoms with E-state index in [2.05, 4.69) is 34.9 Å². The van der Waals surface area contributed by atoms with Gasteiger partial charge < -0.3 is 24.5 Å². The third kappa shape index (κ3) is 4.68. The van der Waals surface area contributed by atoms with Crippen molar-refractivity contribution in [3.05, 3.63) is 89.3 Å². The highest BCUT2D eigenvalue weighted by Gasteiger charge is 2.21. The highest BCUT2D eigenvalue weighted by Crippen LogP contribution is 2.31. The molecule has 1 atom stereocenters. The van der Waals surface area contributed by atoms with Crippen molar-refractivity contribution in [2.45, 2.75) is 38.4 Å². The molecule has 5 aromatic rings. The van der Waals surface area contributed by atoms with Crippen LogP contribution in [-0.2, 0) is 19.5 Å². The first kappa shape index (κ1) is 24.0. The highest BCUT2D eigenvalue weighted by atomic mass is 16.5. The molecule has 3 aromatic heterocycles. The Morgan fingerprint density at radius 3 is 2.76 bits per heavy atom. The fourth-order valence-corrected chi connectivity index (χ4v) is 5.05. The van der Waals surface area contributed by atoms with E-state index in [-0.39, 0.29) is 0 Å². The summed E-state index contributed by atoms with van der Waals surface area (Å²) in [4.78, 5) is 9.55. The molecule has 1 aliphatic rings. The predicted octanol–water partition coefficient (Wildman–Crippen LogP) is 5.18. The molecule has 0 radical (unpaired) electrons. The lowest BCUT2D eigenvalue weighted by molar-refractivity contribution is 0.354. The fraction of sp³-hybridized carbons (Fsp3) is 0.276. The third-order valence-electron chi connectivity index (χ3n) is 6.99. The van der Waals surface area contributed by atoms with Crippen LogP contribution in [0.15, 0.2) is 71.5 Å². The number of benzene rings is 2. The largest absolute Gasteiger partial charge is 0.493 e. The molecular weight excluding hydrogens is 480 g/mol. The second-order valence-electron chi connectivity index (χ2n) is 9.32. The SMILES string of the molecule is COc1ccc(CNc2ncc(CNC3CCCc4ccccc43)c3nc(-c4ccco4)nn23)cc1OC. The van der Waals surface area contributed by atoms with Crippen LogP contribution < -0.4 is 20.1 Å². The first-order valence-corrected chi connectivity index (χ1v) is 12.8. The Kier molecular flexibility index (Phi) is 6.66. The Labute approximate surface area is 220 Å². The number of nitrogens with one attached hydrogen (secondary N) is 2. The number of hydrogen-bond donors (Lipinski definition) is 2. The fourth-order valence-electron chi connectivity index (χ4n) is 5.05. The Hall–Kier alpha value is -4.37. The van der Waals surface area contributed by atoms with Crippen molar-refractivity contribution in [2.75, 3.05) is 19.5 Å². The van der Waals surface area contributed by atoms with E-state index >= 15 is 0 Å². The van der Waals surface area contributed by atoms with Gasteiger partial charge in [-0.3, -0.25) is 0 Å². The van der Waals surface area contributed by atoms with E-state index in [4.69, 9.17) is 29.0 Å². The number of aryl methyl sites for hydroxylation is 1. The molecule has 2 N–H and O–H groups in total. The van der Waals surface area contributed by atoms with Crippen molar-refractivity contribution < 1.29 is 13.9 Å². The first-order valence-electron chi connectivity index (χ1n) is 12.8. The third-order valence-corrected chi connectivity index (χ3v) is 6.99. The van der Waals surface area contributed by atoms with Crippen molar-refractivity contribution in [1.29, 1.82) is 0 Å².